The number of hydrogen-bond donors (Lipinski definition) is 2. The molecule has 0 aromatic rings. The van der Waals surface area contributed by atoms with E-state index in [2.05, 4.69) is 4.84 Å². The number of hydrogen-bond acceptors (Lipinski definition) is 6. The molecule has 0 aromatic heterocycles. The van der Waals surface area contributed by atoms with Crippen molar-refractivity contribution in [3.63, 3.8) is 0 Å². The molecule has 0 unspecified atom stereocenters. The van der Waals surface area contributed by atoms with E-state index in [0.29, 0.717) is 0 Å². The maximum Gasteiger partial charge on any atom is 0.397 e. The summed E-state index contributed by atoms with van der Waals surface area (Å²) >= 11 is 0. The van der Waals surface area contributed by atoms with E-state index in [1.54, 1.807) is 0 Å². The molecule has 1 fully saturated rings. The van der Waals surface area contributed by atoms with Crippen LogP contribution in [0.3, 0.4) is 0 Å². The molecule has 1 heterocycles. The summed E-state index contributed by atoms with van der Waals surface area (Å²) in [4.78, 5) is 34.8. The van der Waals surface area contributed by atoms with Crippen LogP contribution in [-0.2, 0) is 19.2 Å². The van der Waals surface area contributed by atoms with Gasteiger partial charge in [0.05, 0.1) is 19.4 Å². The molecule has 0 saturated carbocycles. The number of amides is 2. The summed E-state index contributed by atoms with van der Waals surface area (Å²) in [5.74, 6) is -2.72. The first-order valence-electron chi connectivity index (χ1n) is 3.62. The highest BCUT2D eigenvalue weighted by Gasteiger charge is 2.55. The molecule has 3 N–H and O–H groups in total. The lowest BCUT2D eigenvalue weighted by Crippen LogP contribution is -2.51. The summed E-state index contributed by atoms with van der Waals surface area (Å²) in [6, 6.07) is 0. The first-order valence-corrected chi connectivity index (χ1v) is 3.62. The van der Waals surface area contributed by atoms with E-state index in [1.165, 1.54) is 0 Å². The van der Waals surface area contributed by atoms with Gasteiger partial charge in [0.2, 0.25) is 0 Å². The molecule has 0 aliphatic carbocycles. The second-order valence-electron chi connectivity index (χ2n) is 2.53. The lowest BCUT2D eigenvalue weighted by molar-refractivity contribution is -1.12. The number of carbonyl (C=O) groups excluding carboxylic acids is 3. The van der Waals surface area contributed by atoms with Gasteiger partial charge in [-0.2, -0.15) is 5.21 Å². The smallest absolute Gasteiger partial charge is 0.321 e. The van der Waals surface area contributed by atoms with Crippen molar-refractivity contribution < 1.29 is 29.2 Å². The Morgan fingerprint density at radius 2 is 1.92 bits per heavy atom. The summed E-state index contributed by atoms with van der Waals surface area (Å²) in [6.07, 6.45) is -0.264. The molecule has 1 aliphatic heterocycles. The van der Waals surface area contributed by atoms with Gasteiger partial charge in [0, 0.05) is 0 Å². The first kappa shape index (κ1) is 9.78. The number of nitrogens with two attached hydrogens (primary N) is 1. The van der Waals surface area contributed by atoms with Gasteiger partial charge in [-0.15, -0.1) is 0 Å². The lowest BCUT2D eigenvalue weighted by Gasteiger charge is -2.14. The van der Waals surface area contributed by atoms with Crippen LogP contribution in [0.25, 0.3) is 0 Å². The van der Waals surface area contributed by atoms with E-state index in [1.807, 2.05) is 0 Å². The van der Waals surface area contributed by atoms with Crippen LogP contribution in [0, 0.1) is 0 Å². The molecule has 0 spiro atoms. The molecule has 0 atom stereocenters. The van der Waals surface area contributed by atoms with Crippen LogP contribution < -0.4 is 5.73 Å². The molecule has 0 radical (unpaired) electrons. The molecule has 13 heavy (non-hydrogen) atoms. The average molecular weight is 189 g/mol. The van der Waals surface area contributed by atoms with Crippen LogP contribution in [0.15, 0.2) is 0 Å². The van der Waals surface area contributed by atoms with Crippen molar-refractivity contribution in [2.45, 2.75) is 12.8 Å². The Kier molecular flexibility index (Phi) is 2.41. The van der Waals surface area contributed by atoms with E-state index < -0.39 is 29.1 Å². The molecule has 1 aliphatic rings. The third kappa shape index (κ3) is 1.57. The molecule has 72 valence electrons. The van der Waals surface area contributed by atoms with Crippen molar-refractivity contribution in [3.05, 3.63) is 0 Å². The van der Waals surface area contributed by atoms with Crippen LogP contribution in [0.1, 0.15) is 12.8 Å². The van der Waals surface area contributed by atoms with Crippen LogP contribution >= 0.6 is 0 Å². The van der Waals surface area contributed by atoms with E-state index in [4.69, 9.17) is 5.73 Å². The highest BCUT2D eigenvalue weighted by atomic mass is 17.0. The second-order valence-corrected chi connectivity index (χ2v) is 2.53. The third-order valence-electron chi connectivity index (χ3n) is 1.63. The quantitative estimate of drug-likeness (QED) is 0.309. The van der Waals surface area contributed by atoms with E-state index in [0.717, 1.165) is 0 Å². The zero-order valence-corrected chi connectivity index (χ0v) is 6.73. The predicted octanol–water partition coefficient (Wildman–Crippen LogP) is -1.54. The van der Waals surface area contributed by atoms with E-state index in [-0.39, 0.29) is 12.8 Å². The van der Waals surface area contributed by atoms with Gasteiger partial charge in [0.1, 0.15) is 4.81 Å². The summed E-state index contributed by atoms with van der Waals surface area (Å²) in [5.41, 5.74) is 4.88. The van der Waals surface area contributed by atoms with Crippen molar-refractivity contribution in [1.29, 1.82) is 0 Å². The van der Waals surface area contributed by atoms with Crippen molar-refractivity contribution in [2.75, 3.05) is 6.54 Å². The Balaban J connectivity index is 2.79. The highest BCUT2D eigenvalue weighted by molar-refractivity contribution is 5.91. The SMILES string of the molecule is NCC(=O)O[N+]1(O)C(=O)CCC1=O. The van der Waals surface area contributed by atoms with Gasteiger partial charge in [-0.1, -0.05) is 0 Å². The van der Waals surface area contributed by atoms with Crippen LogP contribution in [0.2, 0.25) is 0 Å². The zero-order chi connectivity index (χ0) is 10.1. The Morgan fingerprint density at radius 3 is 2.31 bits per heavy atom. The first-order chi connectivity index (χ1) is 6.00. The van der Waals surface area contributed by atoms with Crippen molar-refractivity contribution in [1.82, 2.24) is 0 Å². The van der Waals surface area contributed by atoms with Crippen LogP contribution in [0.4, 0.5) is 0 Å². The highest BCUT2D eigenvalue weighted by Crippen LogP contribution is 2.20. The summed E-state index contributed by atoms with van der Waals surface area (Å²) in [7, 11) is 0. The fraction of sp³-hybridized carbons (Fsp3) is 0.500. The van der Waals surface area contributed by atoms with Gasteiger partial charge in [-0.3, -0.25) is 0 Å². The van der Waals surface area contributed by atoms with Crippen molar-refractivity contribution in [3.8, 4) is 0 Å². The number of carbonyl (C=O) groups is 3. The van der Waals surface area contributed by atoms with E-state index >= 15 is 0 Å². The standard InChI is InChI=1S/C6H9N2O5/c7-3-6(11)13-8(12)4(9)1-2-5(8)10/h12H,1-3,7H2/q+1. The Morgan fingerprint density at radius 1 is 1.46 bits per heavy atom. The van der Waals surface area contributed by atoms with Gasteiger partial charge in [-0.05, 0) is 0 Å². The Bertz CT molecular complexity index is 258. The Labute approximate surface area is 73.2 Å². The minimum atomic E-state index is -1.89. The van der Waals surface area contributed by atoms with Gasteiger partial charge in [0.15, 0.2) is 0 Å². The lowest BCUT2D eigenvalue weighted by atomic mass is 10.4. The fourth-order valence-corrected chi connectivity index (χ4v) is 0.942. The molecule has 1 rings (SSSR count). The van der Waals surface area contributed by atoms with Crippen LogP contribution in [-0.4, -0.2) is 34.3 Å². The van der Waals surface area contributed by atoms with Gasteiger partial charge < -0.3 is 5.73 Å². The number of imide groups is 1. The minimum absolute atomic E-state index is 0.132. The summed E-state index contributed by atoms with van der Waals surface area (Å²) in [5, 5.41) is 9.27. The maximum atomic E-state index is 10.9. The maximum absolute atomic E-state index is 10.9. The molecule has 0 aromatic carbocycles. The number of rotatable bonds is 2. The predicted molar refractivity (Wildman–Crippen MR) is 36.4 cm³/mol. The summed E-state index contributed by atoms with van der Waals surface area (Å²) in [6.45, 7) is -0.499. The monoisotopic (exact) mass is 189 g/mol. The largest absolute Gasteiger partial charge is 0.397 e. The number of hydroxylamine groups is 4. The van der Waals surface area contributed by atoms with Gasteiger partial charge in [0.25, 0.3) is 0 Å². The van der Waals surface area contributed by atoms with Gasteiger partial charge >= 0.3 is 17.8 Å². The molecular formula is C6H9N2O5+. The molecular weight excluding hydrogens is 180 g/mol. The second kappa shape index (κ2) is 3.21. The normalized spacial score (nSPS) is 20.5. The third-order valence-corrected chi connectivity index (χ3v) is 1.63. The summed E-state index contributed by atoms with van der Waals surface area (Å²) < 4.78 is 0. The van der Waals surface area contributed by atoms with Gasteiger partial charge in [-0.25, -0.2) is 19.2 Å². The van der Waals surface area contributed by atoms with Crippen LogP contribution in [0.5, 0.6) is 0 Å². The topological polar surface area (TPSA) is 107 Å². The average Bonchev–Trinajstić information content (AvgIpc) is 2.33. The molecule has 7 heteroatoms. The van der Waals surface area contributed by atoms with E-state index in [9.17, 15) is 19.6 Å². The molecule has 0 bridgehead atoms. The number of quaternary nitrogens is 1. The fourth-order valence-electron chi connectivity index (χ4n) is 0.942. The number of nitrogens with zero attached hydrogens (tertiary/aromatic N) is 1. The minimum Gasteiger partial charge on any atom is -0.321 e. The Hall–Kier alpha value is -1.31. The molecule has 2 amide bonds. The zero-order valence-electron chi connectivity index (χ0n) is 6.73. The van der Waals surface area contributed by atoms with Crippen molar-refractivity contribution in [2.24, 2.45) is 5.73 Å². The molecule has 1 saturated heterocycles. The molecule has 7 nitrogen and oxygen atoms in total. The van der Waals surface area contributed by atoms with Crippen molar-refractivity contribution >= 4 is 17.8 Å².